The van der Waals surface area contributed by atoms with Crippen molar-refractivity contribution in [1.29, 1.82) is 0 Å². The number of nitro benzene ring substituents is 1. The largest absolute Gasteiger partial charge is 0.455 e. The predicted molar refractivity (Wildman–Crippen MR) is 67.0 cm³/mol. The smallest absolute Gasteiger partial charge is 0.273 e. The van der Waals surface area contributed by atoms with Crippen LogP contribution in [0, 0.1) is 10.1 Å². The van der Waals surface area contributed by atoms with Crippen molar-refractivity contribution in [2.45, 2.75) is 5.88 Å². The lowest BCUT2D eigenvalue weighted by Crippen LogP contribution is -1.90. The van der Waals surface area contributed by atoms with Gasteiger partial charge in [0.2, 0.25) is 0 Å². The van der Waals surface area contributed by atoms with E-state index >= 15 is 0 Å². The Balaban J connectivity index is 2.22. The molecule has 0 unspecified atom stereocenters. The van der Waals surface area contributed by atoms with Crippen LogP contribution in [0.4, 0.5) is 5.69 Å². The van der Waals surface area contributed by atoms with Gasteiger partial charge in [-0.25, -0.2) is 0 Å². The number of pyridine rings is 1. The van der Waals surface area contributed by atoms with E-state index in [-0.39, 0.29) is 5.69 Å². The van der Waals surface area contributed by atoms with Gasteiger partial charge in [0.1, 0.15) is 11.5 Å². The molecule has 2 rings (SSSR count). The van der Waals surface area contributed by atoms with Crippen molar-refractivity contribution in [2.75, 3.05) is 0 Å². The standard InChI is InChI=1S/C12H9ClN2O3/c13-6-9-4-12(8-14-7-9)18-11-3-1-2-10(5-11)15(16)17/h1-5,7-8H,6H2. The zero-order valence-electron chi connectivity index (χ0n) is 9.25. The van der Waals surface area contributed by atoms with Crippen LogP contribution < -0.4 is 4.74 Å². The molecule has 0 radical (unpaired) electrons. The molecule has 0 amide bonds. The summed E-state index contributed by atoms with van der Waals surface area (Å²) in [7, 11) is 0. The van der Waals surface area contributed by atoms with Crippen LogP contribution in [0.2, 0.25) is 0 Å². The van der Waals surface area contributed by atoms with Crippen LogP contribution in [-0.2, 0) is 5.88 Å². The van der Waals surface area contributed by atoms with Gasteiger partial charge in [-0.1, -0.05) is 6.07 Å². The van der Waals surface area contributed by atoms with E-state index in [1.54, 1.807) is 24.4 Å². The number of nitro groups is 1. The Labute approximate surface area is 108 Å². The molecule has 1 heterocycles. The molecule has 2 aromatic rings. The van der Waals surface area contributed by atoms with E-state index in [9.17, 15) is 10.1 Å². The fourth-order valence-corrected chi connectivity index (χ4v) is 1.54. The van der Waals surface area contributed by atoms with Crippen LogP contribution in [-0.4, -0.2) is 9.91 Å². The minimum atomic E-state index is -0.472. The number of aromatic nitrogens is 1. The number of rotatable bonds is 4. The van der Waals surface area contributed by atoms with Crippen molar-refractivity contribution >= 4 is 17.3 Å². The van der Waals surface area contributed by atoms with Crippen LogP contribution in [0.3, 0.4) is 0 Å². The molecule has 18 heavy (non-hydrogen) atoms. The maximum atomic E-state index is 10.6. The highest BCUT2D eigenvalue weighted by atomic mass is 35.5. The molecule has 0 aliphatic carbocycles. The van der Waals surface area contributed by atoms with E-state index in [1.165, 1.54) is 18.3 Å². The normalized spacial score (nSPS) is 10.1. The summed E-state index contributed by atoms with van der Waals surface area (Å²) >= 11 is 5.68. The van der Waals surface area contributed by atoms with Crippen LogP contribution >= 0.6 is 11.6 Å². The Morgan fingerprint density at radius 3 is 2.83 bits per heavy atom. The minimum absolute atomic E-state index is 0.0195. The second-order valence-corrected chi connectivity index (χ2v) is 3.79. The number of non-ortho nitro benzene ring substituents is 1. The molecule has 0 saturated carbocycles. The van der Waals surface area contributed by atoms with Crippen molar-refractivity contribution in [3.63, 3.8) is 0 Å². The first-order valence-electron chi connectivity index (χ1n) is 5.11. The number of nitrogens with zero attached hydrogens (tertiary/aromatic N) is 2. The number of hydrogen-bond donors (Lipinski definition) is 0. The number of ether oxygens (including phenoxy) is 1. The predicted octanol–water partition coefficient (Wildman–Crippen LogP) is 3.52. The van der Waals surface area contributed by atoms with Gasteiger partial charge in [0.25, 0.3) is 5.69 Å². The van der Waals surface area contributed by atoms with E-state index in [1.807, 2.05) is 0 Å². The molecule has 0 saturated heterocycles. The second-order valence-electron chi connectivity index (χ2n) is 3.52. The average molecular weight is 265 g/mol. The molecule has 0 N–H and O–H groups in total. The molecule has 6 heteroatoms. The number of benzene rings is 1. The molecule has 0 aliphatic heterocycles. The third kappa shape index (κ3) is 2.95. The Kier molecular flexibility index (Phi) is 3.74. The van der Waals surface area contributed by atoms with E-state index in [0.29, 0.717) is 17.4 Å². The van der Waals surface area contributed by atoms with Gasteiger partial charge < -0.3 is 4.74 Å². The molecular formula is C12H9ClN2O3. The summed E-state index contributed by atoms with van der Waals surface area (Å²) in [6.45, 7) is 0. The maximum absolute atomic E-state index is 10.6. The van der Waals surface area contributed by atoms with Gasteiger partial charge in [-0.2, -0.15) is 0 Å². The van der Waals surface area contributed by atoms with E-state index < -0.39 is 4.92 Å². The Hall–Kier alpha value is -2.14. The lowest BCUT2D eigenvalue weighted by atomic mass is 10.3. The number of hydrogen-bond acceptors (Lipinski definition) is 4. The molecule has 92 valence electrons. The summed E-state index contributed by atoms with van der Waals surface area (Å²) < 4.78 is 5.49. The third-order valence-electron chi connectivity index (χ3n) is 2.19. The molecule has 0 spiro atoms. The first kappa shape index (κ1) is 12.3. The van der Waals surface area contributed by atoms with E-state index in [4.69, 9.17) is 16.3 Å². The first-order valence-corrected chi connectivity index (χ1v) is 5.64. The molecule has 1 aromatic heterocycles. The Morgan fingerprint density at radius 1 is 1.28 bits per heavy atom. The van der Waals surface area contributed by atoms with E-state index in [0.717, 1.165) is 5.56 Å². The summed E-state index contributed by atoms with van der Waals surface area (Å²) in [4.78, 5) is 14.1. The summed E-state index contributed by atoms with van der Waals surface area (Å²) in [5.74, 6) is 1.21. The van der Waals surface area contributed by atoms with Crippen molar-refractivity contribution in [1.82, 2.24) is 4.98 Å². The van der Waals surface area contributed by atoms with Gasteiger partial charge in [0.15, 0.2) is 0 Å². The zero-order valence-corrected chi connectivity index (χ0v) is 10.0. The SMILES string of the molecule is O=[N+]([O-])c1cccc(Oc2cncc(CCl)c2)c1. The third-order valence-corrected chi connectivity index (χ3v) is 2.50. The van der Waals surface area contributed by atoms with Crippen molar-refractivity contribution < 1.29 is 9.66 Å². The maximum Gasteiger partial charge on any atom is 0.273 e. The van der Waals surface area contributed by atoms with Gasteiger partial charge in [-0.15, -0.1) is 11.6 Å². The van der Waals surface area contributed by atoms with Crippen LogP contribution in [0.5, 0.6) is 11.5 Å². The number of halogens is 1. The van der Waals surface area contributed by atoms with Crippen molar-refractivity contribution in [3.8, 4) is 11.5 Å². The van der Waals surface area contributed by atoms with Crippen molar-refractivity contribution in [3.05, 3.63) is 58.4 Å². The molecule has 5 nitrogen and oxygen atoms in total. The second kappa shape index (κ2) is 5.46. The number of alkyl halides is 1. The fourth-order valence-electron chi connectivity index (χ4n) is 1.39. The minimum Gasteiger partial charge on any atom is -0.455 e. The molecule has 1 aromatic carbocycles. The summed E-state index contributed by atoms with van der Waals surface area (Å²) in [6.07, 6.45) is 3.15. The highest BCUT2D eigenvalue weighted by Crippen LogP contribution is 2.25. The van der Waals surface area contributed by atoms with Gasteiger partial charge in [0, 0.05) is 18.1 Å². The quantitative estimate of drug-likeness (QED) is 0.481. The lowest BCUT2D eigenvalue weighted by molar-refractivity contribution is -0.384. The molecule has 0 atom stereocenters. The van der Waals surface area contributed by atoms with Crippen LogP contribution in [0.25, 0.3) is 0 Å². The molecular weight excluding hydrogens is 256 g/mol. The Bertz CT molecular complexity index is 575. The van der Waals surface area contributed by atoms with Gasteiger partial charge in [-0.3, -0.25) is 15.1 Å². The van der Waals surface area contributed by atoms with Gasteiger partial charge in [-0.05, 0) is 17.7 Å². The highest BCUT2D eigenvalue weighted by Gasteiger charge is 2.07. The molecule has 0 fully saturated rings. The fraction of sp³-hybridized carbons (Fsp3) is 0.0833. The topological polar surface area (TPSA) is 65.3 Å². The van der Waals surface area contributed by atoms with Crippen LogP contribution in [0.1, 0.15) is 5.56 Å². The Morgan fingerprint density at radius 2 is 2.11 bits per heavy atom. The first-order chi connectivity index (χ1) is 8.69. The monoisotopic (exact) mass is 264 g/mol. The van der Waals surface area contributed by atoms with Gasteiger partial charge in [0.05, 0.1) is 17.2 Å². The summed E-state index contributed by atoms with van der Waals surface area (Å²) in [6, 6.07) is 7.69. The van der Waals surface area contributed by atoms with Crippen molar-refractivity contribution in [2.24, 2.45) is 0 Å². The molecule has 0 aliphatic rings. The lowest BCUT2D eigenvalue weighted by Gasteiger charge is -2.05. The summed E-state index contributed by atoms with van der Waals surface area (Å²) in [5, 5.41) is 10.6. The van der Waals surface area contributed by atoms with E-state index in [2.05, 4.69) is 4.98 Å². The van der Waals surface area contributed by atoms with Gasteiger partial charge >= 0.3 is 0 Å². The zero-order chi connectivity index (χ0) is 13.0. The summed E-state index contributed by atoms with van der Waals surface area (Å²) in [5.41, 5.74) is 0.800. The average Bonchev–Trinajstić information content (AvgIpc) is 2.39. The molecule has 0 bridgehead atoms. The van der Waals surface area contributed by atoms with Crippen LogP contribution in [0.15, 0.2) is 42.7 Å². The highest BCUT2D eigenvalue weighted by molar-refractivity contribution is 6.17.